The van der Waals surface area contributed by atoms with Crippen LogP contribution in [-0.2, 0) is 22.6 Å². The minimum absolute atomic E-state index is 0.132. The highest BCUT2D eigenvalue weighted by Crippen LogP contribution is 2.19. The number of benzene rings is 2. The van der Waals surface area contributed by atoms with Crippen molar-refractivity contribution in [2.45, 2.75) is 13.1 Å². The van der Waals surface area contributed by atoms with E-state index in [9.17, 15) is 14.0 Å². The largest absolute Gasteiger partial charge is 0.494 e. The van der Waals surface area contributed by atoms with Crippen LogP contribution >= 0.6 is 11.3 Å². The van der Waals surface area contributed by atoms with E-state index in [2.05, 4.69) is 10.3 Å². The highest BCUT2D eigenvalue weighted by Gasteiger charge is 2.17. The lowest BCUT2D eigenvalue weighted by molar-refractivity contribution is -0.133. The fourth-order valence-corrected chi connectivity index (χ4v) is 3.38. The van der Waals surface area contributed by atoms with E-state index in [1.165, 1.54) is 35.5 Å². The molecule has 31 heavy (non-hydrogen) atoms. The molecule has 1 N–H and O–H groups in total. The van der Waals surface area contributed by atoms with E-state index in [0.29, 0.717) is 17.2 Å². The summed E-state index contributed by atoms with van der Waals surface area (Å²) in [6.07, 6.45) is 0. The molecule has 1 amide bonds. The van der Waals surface area contributed by atoms with Gasteiger partial charge in [-0.25, -0.2) is 14.2 Å². The average Bonchev–Trinajstić information content (AvgIpc) is 3.26. The van der Waals surface area contributed by atoms with E-state index in [1.807, 2.05) is 30.3 Å². The summed E-state index contributed by atoms with van der Waals surface area (Å²) in [5.41, 5.74) is 1.81. The van der Waals surface area contributed by atoms with Crippen molar-refractivity contribution in [3.63, 3.8) is 0 Å². The monoisotopic (exact) mass is 443 g/mol. The van der Waals surface area contributed by atoms with Crippen molar-refractivity contribution in [3.8, 4) is 5.75 Å². The Morgan fingerprint density at radius 2 is 1.94 bits per heavy atom. The average molecular weight is 444 g/mol. The predicted molar refractivity (Wildman–Crippen MR) is 116 cm³/mol. The van der Waals surface area contributed by atoms with Gasteiger partial charge in [-0.2, -0.15) is 0 Å². The van der Waals surface area contributed by atoms with Crippen LogP contribution in [0.4, 0.5) is 9.52 Å². The summed E-state index contributed by atoms with van der Waals surface area (Å²) >= 11 is 1.28. The van der Waals surface area contributed by atoms with Gasteiger partial charge >= 0.3 is 5.97 Å². The summed E-state index contributed by atoms with van der Waals surface area (Å²) in [6, 6.07) is 14.3. The number of nitrogens with one attached hydrogen (secondary N) is 1. The maximum absolute atomic E-state index is 13.8. The van der Waals surface area contributed by atoms with Gasteiger partial charge in [-0.05, 0) is 23.3 Å². The molecule has 0 unspecified atom stereocenters. The molecular weight excluding hydrogens is 421 g/mol. The molecule has 0 aliphatic rings. The quantitative estimate of drug-likeness (QED) is 0.508. The van der Waals surface area contributed by atoms with Gasteiger partial charge in [0, 0.05) is 25.5 Å². The zero-order chi connectivity index (χ0) is 22.2. The maximum Gasteiger partial charge on any atom is 0.358 e. The van der Waals surface area contributed by atoms with Crippen LogP contribution in [0.5, 0.6) is 5.75 Å². The highest BCUT2D eigenvalue weighted by atomic mass is 32.1. The van der Waals surface area contributed by atoms with Gasteiger partial charge in [0.1, 0.15) is 0 Å². The molecule has 0 fully saturated rings. The fourth-order valence-electron chi connectivity index (χ4n) is 2.70. The normalized spacial score (nSPS) is 10.4. The van der Waals surface area contributed by atoms with Crippen LogP contribution in [0.1, 0.15) is 21.6 Å². The number of carbonyl (C=O) groups excluding carboxylic acids is 2. The molecule has 2 aromatic carbocycles. The third-order valence-corrected chi connectivity index (χ3v) is 5.19. The number of nitrogens with zero attached hydrogens (tertiary/aromatic N) is 2. The number of aromatic nitrogens is 1. The van der Waals surface area contributed by atoms with Gasteiger partial charge in [0.2, 0.25) is 0 Å². The van der Waals surface area contributed by atoms with E-state index in [0.717, 1.165) is 5.56 Å². The molecule has 3 rings (SSSR count). The Hall–Kier alpha value is -3.46. The molecule has 0 saturated carbocycles. The third kappa shape index (κ3) is 6.26. The highest BCUT2D eigenvalue weighted by molar-refractivity contribution is 7.13. The van der Waals surface area contributed by atoms with Gasteiger partial charge in [-0.15, -0.1) is 11.3 Å². The second kappa shape index (κ2) is 10.5. The molecule has 7 nitrogen and oxygen atoms in total. The first-order valence-corrected chi connectivity index (χ1v) is 10.3. The Kier molecular flexibility index (Phi) is 7.55. The molecule has 162 valence electrons. The Bertz CT molecular complexity index is 1040. The first kappa shape index (κ1) is 22.2. The lowest BCUT2D eigenvalue weighted by Gasteiger charge is -2.17. The van der Waals surface area contributed by atoms with E-state index in [1.54, 1.807) is 18.5 Å². The van der Waals surface area contributed by atoms with Gasteiger partial charge in [-0.3, -0.25) is 4.79 Å². The smallest absolute Gasteiger partial charge is 0.358 e. The lowest BCUT2D eigenvalue weighted by atomic mass is 10.2. The molecular formula is C22H22FN3O4S. The topological polar surface area (TPSA) is 80.8 Å². The van der Waals surface area contributed by atoms with Crippen LogP contribution in [0.2, 0.25) is 0 Å². The van der Waals surface area contributed by atoms with Crippen LogP contribution in [-0.4, -0.2) is 42.5 Å². The molecule has 0 saturated heterocycles. The summed E-state index contributed by atoms with van der Waals surface area (Å²) in [5.74, 6) is -1.47. The Labute approximate surface area is 183 Å². The zero-order valence-electron chi connectivity index (χ0n) is 17.1. The molecule has 0 atom stereocenters. The summed E-state index contributed by atoms with van der Waals surface area (Å²) in [7, 11) is 2.93. The predicted octanol–water partition coefficient (Wildman–Crippen LogP) is 3.72. The summed E-state index contributed by atoms with van der Waals surface area (Å²) in [5, 5.41) is 5.30. The second-order valence-corrected chi connectivity index (χ2v) is 7.53. The van der Waals surface area contributed by atoms with Crippen LogP contribution < -0.4 is 10.1 Å². The van der Waals surface area contributed by atoms with Crippen LogP contribution in [0.25, 0.3) is 0 Å². The number of rotatable bonds is 9. The Morgan fingerprint density at radius 3 is 2.65 bits per heavy atom. The molecule has 0 bridgehead atoms. The number of anilines is 1. The number of hydrogen-bond acceptors (Lipinski definition) is 7. The van der Waals surface area contributed by atoms with E-state index in [-0.39, 0.29) is 18.0 Å². The minimum atomic E-state index is -0.679. The summed E-state index contributed by atoms with van der Waals surface area (Å²) in [4.78, 5) is 30.0. The van der Waals surface area contributed by atoms with Crippen LogP contribution in [0, 0.1) is 5.82 Å². The number of ether oxygens (including phenoxy) is 2. The molecule has 3 aromatic rings. The molecule has 0 radical (unpaired) electrons. The second-order valence-electron chi connectivity index (χ2n) is 6.67. The van der Waals surface area contributed by atoms with Crippen molar-refractivity contribution in [2.24, 2.45) is 0 Å². The number of carbonyl (C=O) groups is 2. The van der Waals surface area contributed by atoms with Crippen molar-refractivity contribution >= 4 is 28.3 Å². The zero-order valence-corrected chi connectivity index (χ0v) is 17.9. The van der Waals surface area contributed by atoms with Gasteiger partial charge in [0.25, 0.3) is 5.91 Å². The number of methoxy groups -OCH3 is 1. The first-order chi connectivity index (χ1) is 15.0. The molecule has 1 aromatic heterocycles. The van der Waals surface area contributed by atoms with Gasteiger partial charge in [-0.1, -0.05) is 36.4 Å². The Morgan fingerprint density at radius 1 is 1.16 bits per heavy atom. The number of likely N-dealkylation sites (N-methyl/N-ethyl adjacent to an activating group) is 1. The number of thiazole rings is 1. The van der Waals surface area contributed by atoms with Gasteiger partial charge < -0.3 is 19.7 Å². The number of halogens is 1. The summed E-state index contributed by atoms with van der Waals surface area (Å²) in [6.45, 7) is 0.317. The number of esters is 1. The lowest BCUT2D eigenvalue weighted by Crippen LogP contribution is -2.30. The Balaban J connectivity index is 1.47. The van der Waals surface area contributed by atoms with Crippen molar-refractivity contribution in [1.82, 2.24) is 9.88 Å². The van der Waals surface area contributed by atoms with Crippen LogP contribution in [0.3, 0.4) is 0 Å². The van der Waals surface area contributed by atoms with Crippen molar-refractivity contribution in [2.75, 3.05) is 26.1 Å². The number of hydrogen-bond donors (Lipinski definition) is 1. The summed E-state index contributed by atoms with van der Waals surface area (Å²) < 4.78 is 23.7. The third-order valence-electron chi connectivity index (χ3n) is 4.39. The standard InChI is InChI=1S/C22H22FN3O4S/c1-26(12-16-8-9-19(29-2)17(23)10-16)20(27)13-30-21(28)18-14-31-22(25-18)24-11-15-6-4-3-5-7-15/h3-10,14H,11-13H2,1-2H3,(H,24,25). The van der Waals surface area contributed by atoms with Crippen molar-refractivity contribution in [3.05, 3.63) is 76.5 Å². The van der Waals surface area contributed by atoms with Gasteiger partial charge in [0.05, 0.1) is 7.11 Å². The van der Waals surface area contributed by atoms with E-state index in [4.69, 9.17) is 9.47 Å². The molecule has 0 aliphatic carbocycles. The molecule has 0 aliphatic heterocycles. The number of amides is 1. The van der Waals surface area contributed by atoms with E-state index < -0.39 is 24.3 Å². The maximum atomic E-state index is 13.8. The fraction of sp³-hybridized carbons (Fsp3) is 0.227. The molecule has 1 heterocycles. The minimum Gasteiger partial charge on any atom is -0.494 e. The molecule has 0 spiro atoms. The van der Waals surface area contributed by atoms with Gasteiger partial charge in [0.15, 0.2) is 29.0 Å². The SMILES string of the molecule is COc1ccc(CN(C)C(=O)COC(=O)c2csc(NCc3ccccc3)n2)cc1F. The molecule has 9 heteroatoms. The van der Waals surface area contributed by atoms with Crippen molar-refractivity contribution < 1.29 is 23.5 Å². The van der Waals surface area contributed by atoms with Crippen LogP contribution in [0.15, 0.2) is 53.9 Å². The first-order valence-electron chi connectivity index (χ1n) is 9.43. The van der Waals surface area contributed by atoms with E-state index >= 15 is 0 Å². The van der Waals surface area contributed by atoms with Crippen molar-refractivity contribution in [1.29, 1.82) is 0 Å².